The number of aryl methyl sites for hydroxylation is 1. The Labute approximate surface area is 110 Å². The van der Waals surface area contributed by atoms with Crippen molar-refractivity contribution in [1.82, 2.24) is 15.4 Å². The lowest BCUT2D eigenvalue weighted by Gasteiger charge is -2.45. The molecule has 0 aromatic carbocycles. The van der Waals surface area contributed by atoms with E-state index in [1.54, 1.807) is 0 Å². The summed E-state index contributed by atoms with van der Waals surface area (Å²) in [5, 5.41) is 7.59. The summed E-state index contributed by atoms with van der Waals surface area (Å²) in [7, 11) is 0. The van der Waals surface area contributed by atoms with E-state index in [4.69, 9.17) is 4.52 Å². The van der Waals surface area contributed by atoms with E-state index in [-0.39, 0.29) is 5.54 Å². The van der Waals surface area contributed by atoms with Crippen molar-refractivity contribution >= 4 is 0 Å². The zero-order valence-corrected chi connectivity index (χ0v) is 12.2. The van der Waals surface area contributed by atoms with Gasteiger partial charge in [-0.1, -0.05) is 19.0 Å². The summed E-state index contributed by atoms with van der Waals surface area (Å²) in [5.74, 6) is 1.61. The summed E-state index contributed by atoms with van der Waals surface area (Å²) < 4.78 is 5.35. The predicted molar refractivity (Wildman–Crippen MR) is 72.4 cm³/mol. The largest absolute Gasteiger partial charge is 0.360 e. The Morgan fingerprint density at radius 3 is 2.83 bits per heavy atom. The first kappa shape index (κ1) is 13.6. The van der Waals surface area contributed by atoms with Crippen molar-refractivity contribution < 1.29 is 4.52 Å². The molecule has 0 saturated carbocycles. The van der Waals surface area contributed by atoms with Crippen LogP contribution in [0.3, 0.4) is 0 Å². The van der Waals surface area contributed by atoms with Gasteiger partial charge in [-0.3, -0.25) is 4.90 Å². The Hall–Kier alpha value is -0.870. The molecule has 2 rings (SSSR count). The third-order valence-corrected chi connectivity index (χ3v) is 3.66. The number of nitrogens with zero attached hydrogens (tertiary/aromatic N) is 2. The quantitative estimate of drug-likeness (QED) is 0.894. The van der Waals surface area contributed by atoms with Gasteiger partial charge in [-0.25, -0.2) is 0 Å². The fourth-order valence-electron chi connectivity index (χ4n) is 2.71. The maximum Gasteiger partial charge on any atom is 0.150 e. The van der Waals surface area contributed by atoms with Gasteiger partial charge in [0.1, 0.15) is 0 Å². The van der Waals surface area contributed by atoms with Gasteiger partial charge in [0.15, 0.2) is 5.76 Å². The average Bonchev–Trinajstić information content (AvgIpc) is 2.62. The lowest BCUT2D eigenvalue weighted by molar-refractivity contribution is 0.0553. The van der Waals surface area contributed by atoms with E-state index in [2.05, 4.69) is 43.1 Å². The highest BCUT2D eigenvalue weighted by Crippen LogP contribution is 2.22. The molecule has 1 saturated heterocycles. The number of aromatic nitrogens is 1. The zero-order valence-electron chi connectivity index (χ0n) is 12.2. The van der Waals surface area contributed by atoms with Crippen LogP contribution in [-0.4, -0.2) is 34.7 Å². The maximum atomic E-state index is 5.35. The minimum Gasteiger partial charge on any atom is -0.360 e. The Morgan fingerprint density at radius 2 is 2.28 bits per heavy atom. The van der Waals surface area contributed by atoms with E-state index in [1.165, 1.54) is 0 Å². The van der Waals surface area contributed by atoms with E-state index >= 15 is 0 Å². The van der Waals surface area contributed by atoms with Crippen LogP contribution in [0, 0.1) is 12.8 Å². The highest BCUT2D eigenvalue weighted by Gasteiger charge is 2.34. The predicted octanol–water partition coefficient (Wildman–Crippen LogP) is 2.19. The molecule has 2 heterocycles. The minimum atomic E-state index is 0.167. The second-order valence-electron chi connectivity index (χ2n) is 6.42. The van der Waals surface area contributed by atoms with Crippen LogP contribution < -0.4 is 5.32 Å². The molecule has 1 aromatic rings. The Kier molecular flexibility index (Phi) is 3.78. The van der Waals surface area contributed by atoms with Crippen molar-refractivity contribution in [2.45, 2.75) is 52.7 Å². The second kappa shape index (κ2) is 5.02. The lowest BCUT2D eigenvalue weighted by atomic mass is 9.93. The monoisotopic (exact) mass is 251 g/mol. The first-order valence-electron chi connectivity index (χ1n) is 6.79. The van der Waals surface area contributed by atoms with Gasteiger partial charge in [0, 0.05) is 30.7 Å². The highest BCUT2D eigenvalue weighted by atomic mass is 16.5. The van der Waals surface area contributed by atoms with Crippen LogP contribution >= 0.6 is 0 Å². The number of hydrogen-bond donors (Lipinski definition) is 1. The molecule has 1 atom stereocenters. The van der Waals surface area contributed by atoms with Crippen LogP contribution in [-0.2, 0) is 6.54 Å². The molecule has 1 aliphatic rings. The summed E-state index contributed by atoms with van der Waals surface area (Å²) in [6.45, 7) is 14.0. The summed E-state index contributed by atoms with van der Waals surface area (Å²) in [5.41, 5.74) is 1.13. The normalized spacial score (nSPS) is 24.7. The molecule has 4 heteroatoms. The Balaban J connectivity index is 2.10. The van der Waals surface area contributed by atoms with Gasteiger partial charge in [0.2, 0.25) is 0 Å². The SMILES string of the molecule is Cc1cc(CN2CC(C)(C)NCC2C(C)C)on1. The van der Waals surface area contributed by atoms with E-state index in [0.717, 1.165) is 31.1 Å². The van der Waals surface area contributed by atoms with Crippen molar-refractivity contribution in [3.63, 3.8) is 0 Å². The highest BCUT2D eigenvalue weighted by molar-refractivity contribution is 5.04. The van der Waals surface area contributed by atoms with Gasteiger partial charge in [0.25, 0.3) is 0 Å². The Bertz CT molecular complexity index is 397. The van der Waals surface area contributed by atoms with Crippen molar-refractivity contribution in [2.75, 3.05) is 13.1 Å². The molecule has 102 valence electrons. The number of hydrogen-bond acceptors (Lipinski definition) is 4. The fourth-order valence-corrected chi connectivity index (χ4v) is 2.71. The van der Waals surface area contributed by atoms with E-state index in [9.17, 15) is 0 Å². The van der Waals surface area contributed by atoms with Gasteiger partial charge < -0.3 is 9.84 Å². The van der Waals surface area contributed by atoms with Gasteiger partial charge >= 0.3 is 0 Å². The smallest absolute Gasteiger partial charge is 0.150 e. The second-order valence-corrected chi connectivity index (χ2v) is 6.42. The molecule has 0 spiro atoms. The van der Waals surface area contributed by atoms with Gasteiger partial charge in [-0.05, 0) is 26.7 Å². The van der Waals surface area contributed by atoms with Crippen molar-refractivity contribution in [2.24, 2.45) is 5.92 Å². The molecule has 1 N–H and O–H groups in total. The molecular formula is C14H25N3O. The van der Waals surface area contributed by atoms with Crippen molar-refractivity contribution in [3.8, 4) is 0 Å². The topological polar surface area (TPSA) is 41.3 Å². The summed E-state index contributed by atoms with van der Waals surface area (Å²) in [6, 6.07) is 2.59. The third kappa shape index (κ3) is 3.12. The number of rotatable bonds is 3. The van der Waals surface area contributed by atoms with Crippen molar-refractivity contribution in [1.29, 1.82) is 0 Å². The summed E-state index contributed by atoms with van der Waals surface area (Å²) >= 11 is 0. The molecule has 1 fully saturated rings. The lowest BCUT2D eigenvalue weighted by Crippen LogP contribution is -2.62. The Morgan fingerprint density at radius 1 is 1.56 bits per heavy atom. The molecule has 1 aliphatic heterocycles. The molecule has 0 bridgehead atoms. The van der Waals surface area contributed by atoms with Crippen LogP contribution in [0.5, 0.6) is 0 Å². The molecule has 1 unspecified atom stereocenters. The van der Waals surface area contributed by atoms with Crippen LogP contribution in [0.15, 0.2) is 10.6 Å². The van der Waals surface area contributed by atoms with Gasteiger partial charge in [-0.2, -0.15) is 0 Å². The van der Waals surface area contributed by atoms with Gasteiger partial charge in [0.05, 0.1) is 12.2 Å². The molecule has 0 amide bonds. The number of piperazine rings is 1. The fraction of sp³-hybridized carbons (Fsp3) is 0.786. The van der Waals surface area contributed by atoms with E-state index < -0.39 is 0 Å². The first-order chi connectivity index (χ1) is 8.37. The van der Waals surface area contributed by atoms with Crippen molar-refractivity contribution in [3.05, 3.63) is 17.5 Å². The van der Waals surface area contributed by atoms with E-state index in [1.807, 2.05) is 13.0 Å². The maximum absolute atomic E-state index is 5.35. The first-order valence-corrected chi connectivity index (χ1v) is 6.79. The van der Waals surface area contributed by atoms with Gasteiger partial charge in [-0.15, -0.1) is 0 Å². The van der Waals surface area contributed by atoms with E-state index in [0.29, 0.717) is 12.0 Å². The third-order valence-electron chi connectivity index (χ3n) is 3.66. The number of nitrogens with one attached hydrogen (secondary N) is 1. The summed E-state index contributed by atoms with van der Waals surface area (Å²) in [6.07, 6.45) is 0. The molecular weight excluding hydrogens is 226 g/mol. The van der Waals surface area contributed by atoms with Crippen LogP contribution in [0.4, 0.5) is 0 Å². The summed E-state index contributed by atoms with van der Waals surface area (Å²) in [4.78, 5) is 2.52. The molecule has 0 aliphatic carbocycles. The average molecular weight is 251 g/mol. The van der Waals surface area contributed by atoms with Crippen LogP contribution in [0.1, 0.15) is 39.1 Å². The molecule has 4 nitrogen and oxygen atoms in total. The zero-order chi connectivity index (χ0) is 13.3. The molecule has 1 aromatic heterocycles. The standard InChI is InChI=1S/C14H25N3O/c1-10(2)13-7-15-14(4,5)9-17(13)8-12-6-11(3)16-18-12/h6,10,13,15H,7-9H2,1-5H3. The van der Waals surface area contributed by atoms with Crippen LogP contribution in [0.25, 0.3) is 0 Å². The minimum absolute atomic E-state index is 0.167. The molecule has 18 heavy (non-hydrogen) atoms. The molecule has 0 radical (unpaired) electrons. The van der Waals surface area contributed by atoms with Crippen LogP contribution in [0.2, 0.25) is 0 Å².